The summed E-state index contributed by atoms with van der Waals surface area (Å²) < 4.78 is 12.3. The molecule has 0 atom stereocenters. The number of benzene rings is 3. The van der Waals surface area contributed by atoms with Crippen LogP contribution < -0.4 is 14.8 Å². The molecule has 10 heteroatoms. The molecule has 0 radical (unpaired) electrons. The molecule has 174 valence electrons. The largest absolute Gasteiger partial charge is 0.495 e. The Balaban J connectivity index is 1.58. The van der Waals surface area contributed by atoms with Crippen LogP contribution >= 0.6 is 43.5 Å². The molecule has 3 aromatic carbocycles. The highest BCUT2D eigenvalue weighted by molar-refractivity contribution is 9.11. The van der Waals surface area contributed by atoms with Gasteiger partial charge in [-0.2, -0.15) is 4.80 Å². The Morgan fingerprint density at radius 2 is 1.79 bits per heavy atom. The van der Waals surface area contributed by atoms with Crippen LogP contribution in [-0.2, 0) is 4.79 Å². The van der Waals surface area contributed by atoms with E-state index in [1.54, 1.807) is 38.5 Å². The Morgan fingerprint density at radius 3 is 2.47 bits per heavy atom. The number of carbonyl (C=O) groups excluding carboxylic acids is 1. The molecule has 0 saturated carbocycles. The molecule has 1 N–H and O–H groups in total. The molecule has 1 aromatic heterocycles. The van der Waals surface area contributed by atoms with Crippen molar-refractivity contribution in [2.75, 3.05) is 19.5 Å². The average molecular weight is 607 g/mol. The van der Waals surface area contributed by atoms with Gasteiger partial charge in [0.15, 0.2) is 0 Å². The second-order valence-electron chi connectivity index (χ2n) is 7.30. The number of halogens is 3. The number of nitrogens with one attached hydrogen (secondary N) is 1. The van der Waals surface area contributed by atoms with Gasteiger partial charge in [0.2, 0.25) is 5.91 Å². The van der Waals surface area contributed by atoms with E-state index < -0.39 is 0 Å². The van der Waals surface area contributed by atoms with Crippen LogP contribution in [0.3, 0.4) is 0 Å². The Labute approximate surface area is 217 Å². The maximum Gasteiger partial charge on any atom is 0.248 e. The summed E-state index contributed by atoms with van der Waals surface area (Å²) >= 11 is 13.1. The van der Waals surface area contributed by atoms with E-state index in [0.717, 1.165) is 20.1 Å². The molecule has 0 unspecified atom stereocenters. The van der Waals surface area contributed by atoms with Crippen molar-refractivity contribution in [3.63, 3.8) is 0 Å². The standard InChI is InChI=1S/C24H19Br2ClN4O3/c1-13-8-20-21(30-31(29-20)16-5-6-22(33-2)18(27)11-16)12-19(13)28-23(32)7-4-14-9-15(25)10-17(26)24(14)34-3/h4-12H,1-3H3,(H,28,32)/b7-4+. The van der Waals surface area contributed by atoms with Crippen LogP contribution in [0, 0.1) is 6.92 Å². The zero-order valence-electron chi connectivity index (χ0n) is 18.4. The van der Waals surface area contributed by atoms with Crippen molar-refractivity contribution >= 4 is 72.2 Å². The molecule has 0 aliphatic heterocycles. The highest BCUT2D eigenvalue weighted by atomic mass is 79.9. The number of hydrogen-bond acceptors (Lipinski definition) is 5. The number of nitrogens with zero attached hydrogens (tertiary/aromatic N) is 3. The fourth-order valence-electron chi connectivity index (χ4n) is 3.36. The summed E-state index contributed by atoms with van der Waals surface area (Å²) in [5.74, 6) is 0.930. The van der Waals surface area contributed by atoms with Gasteiger partial charge in [-0.05, 0) is 77.0 Å². The summed E-state index contributed by atoms with van der Waals surface area (Å²) in [5.41, 5.74) is 4.28. The lowest BCUT2D eigenvalue weighted by Crippen LogP contribution is -2.09. The van der Waals surface area contributed by atoms with Gasteiger partial charge in [-0.15, -0.1) is 10.2 Å². The van der Waals surface area contributed by atoms with Crippen LogP contribution in [0.1, 0.15) is 11.1 Å². The molecule has 0 aliphatic carbocycles. The van der Waals surface area contributed by atoms with Gasteiger partial charge in [-0.25, -0.2) is 0 Å². The summed E-state index contributed by atoms with van der Waals surface area (Å²) in [4.78, 5) is 14.1. The minimum Gasteiger partial charge on any atom is -0.495 e. The van der Waals surface area contributed by atoms with Gasteiger partial charge in [-0.1, -0.05) is 27.5 Å². The quantitative estimate of drug-likeness (QED) is 0.251. The number of methoxy groups -OCH3 is 2. The van der Waals surface area contributed by atoms with Crippen LogP contribution in [0.4, 0.5) is 5.69 Å². The van der Waals surface area contributed by atoms with Crippen molar-refractivity contribution < 1.29 is 14.3 Å². The number of ether oxygens (including phenoxy) is 2. The van der Waals surface area contributed by atoms with E-state index in [4.69, 9.17) is 21.1 Å². The van der Waals surface area contributed by atoms with Crippen molar-refractivity contribution in [1.82, 2.24) is 15.0 Å². The molecular formula is C24H19Br2ClN4O3. The first-order valence-corrected chi connectivity index (χ1v) is 12.0. The van der Waals surface area contributed by atoms with E-state index in [1.807, 2.05) is 31.2 Å². The summed E-state index contributed by atoms with van der Waals surface area (Å²) in [6.45, 7) is 1.90. The van der Waals surface area contributed by atoms with Crippen molar-refractivity contribution in [3.05, 3.63) is 73.6 Å². The number of aromatic nitrogens is 3. The number of aryl methyl sites for hydroxylation is 1. The smallest absolute Gasteiger partial charge is 0.248 e. The lowest BCUT2D eigenvalue weighted by Gasteiger charge is -2.09. The highest BCUT2D eigenvalue weighted by Gasteiger charge is 2.12. The topological polar surface area (TPSA) is 78.3 Å². The van der Waals surface area contributed by atoms with Crippen LogP contribution in [0.25, 0.3) is 22.8 Å². The molecule has 0 bridgehead atoms. The lowest BCUT2D eigenvalue weighted by atomic mass is 10.1. The molecule has 0 aliphatic rings. The monoisotopic (exact) mass is 604 g/mol. The average Bonchev–Trinajstić information content (AvgIpc) is 3.20. The van der Waals surface area contributed by atoms with Gasteiger partial charge in [0.05, 0.1) is 29.4 Å². The van der Waals surface area contributed by atoms with E-state index in [-0.39, 0.29) is 5.91 Å². The van der Waals surface area contributed by atoms with E-state index >= 15 is 0 Å². The van der Waals surface area contributed by atoms with Gasteiger partial charge < -0.3 is 14.8 Å². The fourth-order valence-corrected chi connectivity index (χ4v) is 5.03. The van der Waals surface area contributed by atoms with E-state index in [1.165, 1.54) is 10.9 Å². The Hall–Kier alpha value is -2.88. The third-order valence-corrected chi connectivity index (χ3v) is 6.35. The first-order chi connectivity index (χ1) is 16.3. The summed E-state index contributed by atoms with van der Waals surface area (Å²) in [6.07, 6.45) is 3.15. The van der Waals surface area contributed by atoms with Gasteiger partial charge in [0, 0.05) is 21.8 Å². The Bertz CT molecular complexity index is 1440. The van der Waals surface area contributed by atoms with E-state index in [0.29, 0.717) is 38.9 Å². The zero-order chi connectivity index (χ0) is 24.4. The minimum absolute atomic E-state index is 0.282. The number of fused-ring (bicyclic) bond motifs is 1. The molecular weight excluding hydrogens is 588 g/mol. The van der Waals surface area contributed by atoms with E-state index in [2.05, 4.69) is 47.4 Å². The second kappa shape index (κ2) is 10.2. The van der Waals surface area contributed by atoms with Gasteiger partial charge in [0.1, 0.15) is 22.5 Å². The predicted molar refractivity (Wildman–Crippen MR) is 141 cm³/mol. The molecule has 1 amide bonds. The Morgan fingerprint density at radius 1 is 1.06 bits per heavy atom. The molecule has 0 saturated heterocycles. The highest BCUT2D eigenvalue weighted by Crippen LogP contribution is 2.33. The third kappa shape index (κ3) is 5.11. The van der Waals surface area contributed by atoms with Gasteiger partial charge in [0.25, 0.3) is 0 Å². The van der Waals surface area contributed by atoms with Crippen LogP contribution in [0.15, 0.2) is 57.5 Å². The predicted octanol–water partition coefficient (Wildman–Crippen LogP) is 6.58. The number of amides is 1. The van der Waals surface area contributed by atoms with Gasteiger partial charge in [-0.3, -0.25) is 4.79 Å². The van der Waals surface area contributed by atoms with Crippen molar-refractivity contribution in [3.8, 4) is 17.2 Å². The summed E-state index contributed by atoms with van der Waals surface area (Å²) in [5, 5.41) is 12.4. The summed E-state index contributed by atoms with van der Waals surface area (Å²) in [7, 11) is 3.14. The number of hydrogen-bond donors (Lipinski definition) is 1. The number of carbonyl (C=O) groups is 1. The second-order valence-corrected chi connectivity index (χ2v) is 9.47. The molecule has 0 fully saturated rings. The molecule has 1 heterocycles. The third-order valence-electron chi connectivity index (χ3n) is 5.01. The first kappa shape index (κ1) is 24.3. The minimum atomic E-state index is -0.282. The van der Waals surface area contributed by atoms with Crippen molar-refractivity contribution in [1.29, 1.82) is 0 Å². The maximum absolute atomic E-state index is 12.6. The summed E-state index contributed by atoms with van der Waals surface area (Å²) in [6, 6.07) is 12.7. The van der Waals surface area contributed by atoms with Gasteiger partial charge >= 0.3 is 0 Å². The number of rotatable bonds is 6. The van der Waals surface area contributed by atoms with Crippen molar-refractivity contribution in [2.24, 2.45) is 0 Å². The zero-order valence-corrected chi connectivity index (χ0v) is 22.3. The normalized spacial score (nSPS) is 11.2. The van der Waals surface area contributed by atoms with Crippen molar-refractivity contribution in [2.45, 2.75) is 6.92 Å². The molecule has 34 heavy (non-hydrogen) atoms. The fraction of sp³-hybridized carbons (Fsp3) is 0.125. The molecule has 7 nitrogen and oxygen atoms in total. The SMILES string of the molecule is COc1ccc(-n2nc3cc(C)c(NC(=O)/C=C/c4cc(Br)cc(Br)c4OC)cc3n2)cc1Cl. The van der Waals surface area contributed by atoms with E-state index in [9.17, 15) is 4.79 Å². The molecule has 4 rings (SSSR count). The van der Waals surface area contributed by atoms with Crippen LogP contribution in [-0.4, -0.2) is 35.1 Å². The molecule has 4 aromatic rings. The maximum atomic E-state index is 12.6. The molecule has 0 spiro atoms. The van der Waals surface area contributed by atoms with Crippen LogP contribution in [0.5, 0.6) is 11.5 Å². The first-order valence-electron chi connectivity index (χ1n) is 10.0. The van der Waals surface area contributed by atoms with Crippen LogP contribution in [0.2, 0.25) is 5.02 Å². The lowest BCUT2D eigenvalue weighted by molar-refractivity contribution is -0.111. The number of anilines is 1. The Kier molecular flexibility index (Phi) is 7.25.